The van der Waals surface area contributed by atoms with E-state index in [1.807, 2.05) is 67.7 Å². The van der Waals surface area contributed by atoms with E-state index in [2.05, 4.69) is 6.92 Å². The zero-order valence-electron chi connectivity index (χ0n) is 12.7. The van der Waals surface area contributed by atoms with Crippen LogP contribution >= 0.6 is 0 Å². The van der Waals surface area contributed by atoms with Crippen LogP contribution in [0.25, 0.3) is 0 Å². The summed E-state index contributed by atoms with van der Waals surface area (Å²) in [5.41, 5.74) is 1.77. The lowest BCUT2D eigenvalue weighted by molar-refractivity contribution is 0.217. The van der Waals surface area contributed by atoms with E-state index in [-0.39, 0.29) is 6.03 Å². The molecule has 0 atom stereocenters. The number of nitrogens with zero attached hydrogens (tertiary/aromatic N) is 2. The third-order valence-corrected chi connectivity index (χ3v) is 3.39. The van der Waals surface area contributed by atoms with Crippen LogP contribution in [-0.4, -0.2) is 24.5 Å². The van der Waals surface area contributed by atoms with Crippen LogP contribution in [0.5, 0.6) is 0 Å². The van der Waals surface area contributed by atoms with E-state index in [9.17, 15) is 4.79 Å². The SMILES string of the molecule is CCCCN(C)C(=O)N(c1ccccc1)c1ccccc1. The fourth-order valence-corrected chi connectivity index (χ4v) is 2.19. The molecule has 2 amide bonds. The zero-order chi connectivity index (χ0) is 15.1. The van der Waals surface area contributed by atoms with E-state index in [0.717, 1.165) is 30.8 Å². The second kappa shape index (κ2) is 7.48. The monoisotopic (exact) mass is 282 g/mol. The first kappa shape index (κ1) is 15.1. The number of para-hydroxylation sites is 2. The van der Waals surface area contributed by atoms with Crippen LogP contribution in [0, 0.1) is 0 Å². The van der Waals surface area contributed by atoms with Crippen LogP contribution in [0.3, 0.4) is 0 Å². The lowest BCUT2D eigenvalue weighted by atomic mass is 10.2. The van der Waals surface area contributed by atoms with Crippen LogP contribution in [0.1, 0.15) is 19.8 Å². The van der Waals surface area contributed by atoms with Crippen molar-refractivity contribution >= 4 is 17.4 Å². The Hall–Kier alpha value is -2.29. The molecule has 0 fully saturated rings. The van der Waals surface area contributed by atoms with Crippen molar-refractivity contribution in [1.29, 1.82) is 0 Å². The number of hydrogen-bond donors (Lipinski definition) is 0. The van der Waals surface area contributed by atoms with Crippen LogP contribution in [0.2, 0.25) is 0 Å². The molecule has 0 saturated carbocycles. The lowest BCUT2D eigenvalue weighted by Gasteiger charge is -2.28. The number of anilines is 2. The second-order valence-electron chi connectivity index (χ2n) is 5.06. The van der Waals surface area contributed by atoms with E-state index in [1.54, 1.807) is 9.80 Å². The molecule has 3 nitrogen and oxygen atoms in total. The van der Waals surface area contributed by atoms with Crippen molar-refractivity contribution in [3.05, 3.63) is 60.7 Å². The van der Waals surface area contributed by atoms with Gasteiger partial charge in [0.05, 0.1) is 11.4 Å². The van der Waals surface area contributed by atoms with E-state index < -0.39 is 0 Å². The average molecular weight is 282 g/mol. The summed E-state index contributed by atoms with van der Waals surface area (Å²) in [7, 11) is 1.86. The number of urea groups is 1. The highest BCUT2D eigenvalue weighted by Crippen LogP contribution is 2.26. The number of rotatable bonds is 5. The Morgan fingerprint density at radius 3 is 1.81 bits per heavy atom. The van der Waals surface area contributed by atoms with E-state index in [4.69, 9.17) is 0 Å². The maximum absolute atomic E-state index is 12.8. The highest BCUT2D eigenvalue weighted by molar-refractivity contribution is 5.99. The summed E-state index contributed by atoms with van der Waals surface area (Å²) in [6.07, 6.45) is 2.09. The van der Waals surface area contributed by atoms with Crippen molar-refractivity contribution in [2.45, 2.75) is 19.8 Å². The van der Waals surface area contributed by atoms with E-state index >= 15 is 0 Å². The minimum Gasteiger partial charge on any atom is -0.327 e. The second-order valence-corrected chi connectivity index (χ2v) is 5.06. The molecule has 0 heterocycles. The van der Waals surface area contributed by atoms with Crippen molar-refractivity contribution in [1.82, 2.24) is 4.90 Å². The van der Waals surface area contributed by atoms with Gasteiger partial charge in [0.2, 0.25) is 0 Å². The normalized spacial score (nSPS) is 10.2. The molecule has 0 aromatic heterocycles. The zero-order valence-corrected chi connectivity index (χ0v) is 12.7. The molecule has 0 N–H and O–H groups in total. The minimum atomic E-state index is 0.000787. The molecule has 21 heavy (non-hydrogen) atoms. The number of hydrogen-bond acceptors (Lipinski definition) is 1. The van der Waals surface area contributed by atoms with Gasteiger partial charge in [-0.1, -0.05) is 49.7 Å². The van der Waals surface area contributed by atoms with Gasteiger partial charge in [-0.05, 0) is 30.7 Å². The van der Waals surface area contributed by atoms with Gasteiger partial charge < -0.3 is 4.90 Å². The molecule has 0 saturated heterocycles. The van der Waals surface area contributed by atoms with E-state index in [1.165, 1.54) is 0 Å². The third kappa shape index (κ3) is 3.85. The van der Waals surface area contributed by atoms with Gasteiger partial charge in [-0.15, -0.1) is 0 Å². The molecule has 0 bridgehead atoms. The van der Waals surface area contributed by atoms with Crippen LogP contribution in [0.4, 0.5) is 16.2 Å². The molecule has 0 unspecified atom stereocenters. The quantitative estimate of drug-likeness (QED) is 0.781. The number of amides is 2. The molecule has 110 valence electrons. The Balaban J connectivity index is 2.31. The molecule has 0 aliphatic heterocycles. The summed E-state index contributed by atoms with van der Waals surface area (Å²) < 4.78 is 0. The molecule has 0 aliphatic rings. The van der Waals surface area contributed by atoms with Crippen molar-refractivity contribution in [3.8, 4) is 0 Å². The first-order valence-corrected chi connectivity index (χ1v) is 7.39. The highest BCUT2D eigenvalue weighted by atomic mass is 16.2. The lowest BCUT2D eigenvalue weighted by Crippen LogP contribution is -2.38. The third-order valence-electron chi connectivity index (χ3n) is 3.39. The largest absolute Gasteiger partial charge is 0.328 e. The summed E-state index contributed by atoms with van der Waals surface area (Å²) in [5, 5.41) is 0. The number of carbonyl (C=O) groups excluding carboxylic acids is 1. The summed E-state index contributed by atoms with van der Waals surface area (Å²) in [4.78, 5) is 16.3. The first-order valence-electron chi connectivity index (χ1n) is 7.39. The Labute approximate surface area is 126 Å². The highest BCUT2D eigenvalue weighted by Gasteiger charge is 2.20. The molecular formula is C18H22N2O. The van der Waals surface area contributed by atoms with Gasteiger partial charge in [-0.2, -0.15) is 0 Å². The van der Waals surface area contributed by atoms with Gasteiger partial charge in [-0.25, -0.2) is 4.79 Å². The maximum Gasteiger partial charge on any atom is 0.328 e. The molecule has 2 aromatic carbocycles. The van der Waals surface area contributed by atoms with Gasteiger partial charge in [0.1, 0.15) is 0 Å². The molecular weight excluding hydrogens is 260 g/mol. The van der Waals surface area contributed by atoms with Crippen LogP contribution in [0.15, 0.2) is 60.7 Å². The predicted octanol–water partition coefficient (Wildman–Crippen LogP) is 4.68. The molecule has 3 heteroatoms. The molecule has 2 aromatic rings. The Bertz CT molecular complexity index is 514. The smallest absolute Gasteiger partial charge is 0.327 e. The topological polar surface area (TPSA) is 23.6 Å². The number of carbonyl (C=O) groups is 1. The molecule has 2 rings (SSSR count). The molecule has 0 radical (unpaired) electrons. The van der Waals surface area contributed by atoms with Gasteiger partial charge in [-0.3, -0.25) is 4.90 Å². The summed E-state index contributed by atoms with van der Waals surface area (Å²) >= 11 is 0. The standard InChI is InChI=1S/C18H22N2O/c1-3-4-15-19(2)18(21)20(16-11-7-5-8-12-16)17-13-9-6-10-14-17/h5-14H,3-4,15H2,1-2H3. The Morgan fingerprint density at radius 1 is 0.905 bits per heavy atom. The Morgan fingerprint density at radius 2 is 1.38 bits per heavy atom. The van der Waals surface area contributed by atoms with Gasteiger partial charge in [0, 0.05) is 13.6 Å². The molecule has 0 spiro atoms. The maximum atomic E-state index is 12.8. The fraction of sp³-hybridized carbons (Fsp3) is 0.278. The van der Waals surface area contributed by atoms with Crippen molar-refractivity contribution in [2.24, 2.45) is 0 Å². The summed E-state index contributed by atoms with van der Waals surface area (Å²) in [6.45, 7) is 2.90. The number of benzene rings is 2. The average Bonchev–Trinajstić information content (AvgIpc) is 2.54. The van der Waals surface area contributed by atoms with Gasteiger partial charge in [0.15, 0.2) is 0 Å². The number of unbranched alkanes of at least 4 members (excludes halogenated alkanes) is 1. The molecule has 0 aliphatic carbocycles. The van der Waals surface area contributed by atoms with Crippen molar-refractivity contribution < 1.29 is 4.79 Å². The van der Waals surface area contributed by atoms with Crippen LogP contribution in [-0.2, 0) is 0 Å². The van der Waals surface area contributed by atoms with Crippen LogP contribution < -0.4 is 4.90 Å². The van der Waals surface area contributed by atoms with E-state index in [0.29, 0.717) is 0 Å². The van der Waals surface area contributed by atoms with Gasteiger partial charge >= 0.3 is 6.03 Å². The Kier molecular flexibility index (Phi) is 5.38. The predicted molar refractivity (Wildman–Crippen MR) is 88.0 cm³/mol. The fourth-order valence-electron chi connectivity index (χ4n) is 2.19. The van der Waals surface area contributed by atoms with Crippen molar-refractivity contribution in [3.63, 3.8) is 0 Å². The van der Waals surface area contributed by atoms with Gasteiger partial charge in [0.25, 0.3) is 0 Å². The van der Waals surface area contributed by atoms with Crippen molar-refractivity contribution in [2.75, 3.05) is 18.5 Å². The minimum absolute atomic E-state index is 0.000787. The first-order chi connectivity index (χ1) is 10.2. The summed E-state index contributed by atoms with van der Waals surface area (Å²) in [6, 6.07) is 19.5. The summed E-state index contributed by atoms with van der Waals surface area (Å²) in [5.74, 6) is 0.